The van der Waals surface area contributed by atoms with Gasteiger partial charge in [0.2, 0.25) is 11.8 Å². The van der Waals surface area contributed by atoms with Crippen molar-refractivity contribution in [1.29, 1.82) is 0 Å². The largest absolute Gasteiger partial charge is 0.339 e. The van der Waals surface area contributed by atoms with Crippen molar-refractivity contribution in [3.8, 4) is 0 Å². The third-order valence-corrected chi connectivity index (χ3v) is 6.77. The Morgan fingerprint density at radius 1 is 1.23 bits per heavy atom. The van der Waals surface area contributed by atoms with Crippen LogP contribution in [0, 0.1) is 0 Å². The molecular formula is C13H19N3O4S2. The van der Waals surface area contributed by atoms with E-state index in [2.05, 4.69) is 0 Å². The van der Waals surface area contributed by atoms with Gasteiger partial charge in [0, 0.05) is 40.2 Å². The second-order valence-corrected chi connectivity index (χ2v) is 8.30. The summed E-state index contributed by atoms with van der Waals surface area (Å²) in [7, 11) is -2.21. The molecule has 0 N–H and O–H groups in total. The molecule has 0 unspecified atom stereocenters. The number of nitrogens with zero attached hydrogens (tertiary/aromatic N) is 3. The lowest BCUT2D eigenvalue weighted by Crippen LogP contribution is -2.52. The van der Waals surface area contributed by atoms with Crippen LogP contribution < -0.4 is 0 Å². The average molecular weight is 345 g/mol. The highest BCUT2D eigenvalue weighted by molar-refractivity contribution is 7.91. The standard InChI is InChI=1S/C13H19N3O4S2/c1-11(17)15-5-7-16(8-6-15)12(18)10-14(2)22(19,20)13-4-3-9-21-13/h3-4,9H,5-8,10H2,1-2H3. The van der Waals surface area contributed by atoms with E-state index in [9.17, 15) is 18.0 Å². The van der Waals surface area contributed by atoms with Gasteiger partial charge in [-0.2, -0.15) is 4.31 Å². The maximum Gasteiger partial charge on any atom is 0.252 e. The molecule has 0 aliphatic carbocycles. The summed E-state index contributed by atoms with van der Waals surface area (Å²) in [6, 6.07) is 3.18. The van der Waals surface area contributed by atoms with E-state index in [0.717, 1.165) is 15.6 Å². The minimum atomic E-state index is -3.61. The van der Waals surface area contributed by atoms with Gasteiger partial charge < -0.3 is 9.80 Å². The lowest BCUT2D eigenvalue weighted by molar-refractivity contribution is -0.138. The van der Waals surface area contributed by atoms with Crippen LogP contribution in [0.2, 0.25) is 0 Å². The number of likely N-dealkylation sites (N-methyl/N-ethyl adjacent to an activating group) is 1. The van der Waals surface area contributed by atoms with Crippen LogP contribution in [-0.4, -0.2) is 74.1 Å². The number of hydrogen-bond donors (Lipinski definition) is 0. The molecule has 2 heterocycles. The fourth-order valence-electron chi connectivity index (χ4n) is 2.21. The molecule has 1 aliphatic rings. The summed E-state index contributed by atoms with van der Waals surface area (Å²) in [6.45, 7) is 3.15. The number of carbonyl (C=O) groups is 2. The summed E-state index contributed by atoms with van der Waals surface area (Å²) in [5.74, 6) is -0.254. The van der Waals surface area contributed by atoms with Crippen LogP contribution in [0.3, 0.4) is 0 Å². The number of sulfonamides is 1. The molecule has 0 atom stereocenters. The van der Waals surface area contributed by atoms with Crippen molar-refractivity contribution in [1.82, 2.24) is 14.1 Å². The monoisotopic (exact) mass is 345 g/mol. The molecule has 2 amide bonds. The van der Waals surface area contributed by atoms with E-state index < -0.39 is 10.0 Å². The second kappa shape index (κ2) is 6.76. The molecule has 7 nitrogen and oxygen atoms in total. The Kier molecular flexibility index (Phi) is 5.20. The summed E-state index contributed by atoms with van der Waals surface area (Å²) in [6.07, 6.45) is 0. The van der Waals surface area contributed by atoms with Gasteiger partial charge in [0.05, 0.1) is 6.54 Å². The van der Waals surface area contributed by atoms with Crippen LogP contribution in [-0.2, 0) is 19.6 Å². The van der Waals surface area contributed by atoms with Gasteiger partial charge in [0.1, 0.15) is 4.21 Å². The maximum atomic E-state index is 12.3. The van der Waals surface area contributed by atoms with Crippen LogP contribution >= 0.6 is 11.3 Å². The van der Waals surface area contributed by atoms with Crippen molar-refractivity contribution < 1.29 is 18.0 Å². The fourth-order valence-corrected chi connectivity index (χ4v) is 4.53. The predicted molar refractivity (Wildman–Crippen MR) is 83.0 cm³/mol. The third-order valence-electron chi connectivity index (χ3n) is 3.60. The maximum absolute atomic E-state index is 12.3. The van der Waals surface area contributed by atoms with E-state index in [1.165, 1.54) is 20.0 Å². The molecule has 9 heteroatoms. The summed E-state index contributed by atoms with van der Waals surface area (Å²) in [4.78, 5) is 26.7. The van der Waals surface area contributed by atoms with E-state index in [1.54, 1.807) is 21.2 Å². The minimum absolute atomic E-state index is 0.00973. The van der Waals surface area contributed by atoms with E-state index in [1.807, 2.05) is 0 Å². The molecule has 0 aromatic carbocycles. The summed E-state index contributed by atoms with van der Waals surface area (Å²) in [5.41, 5.74) is 0. The van der Waals surface area contributed by atoms with Crippen LogP contribution in [0.1, 0.15) is 6.92 Å². The first kappa shape index (κ1) is 16.9. The van der Waals surface area contributed by atoms with Crippen molar-refractivity contribution in [3.63, 3.8) is 0 Å². The topological polar surface area (TPSA) is 78.0 Å². The van der Waals surface area contributed by atoms with Crippen molar-refractivity contribution >= 4 is 33.2 Å². The molecule has 2 rings (SSSR count). The van der Waals surface area contributed by atoms with Gasteiger partial charge in [-0.05, 0) is 11.4 Å². The zero-order chi connectivity index (χ0) is 16.3. The molecule has 1 fully saturated rings. The van der Waals surface area contributed by atoms with E-state index in [4.69, 9.17) is 0 Å². The Labute approximate surface area is 134 Å². The van der Waals surface area contributed by atoms with Crippen molar-refractivity contribution in [2.24, 2.45) is 0 Å². The minimum Gasteiger partial charge on any atom is -0.339 e. The number of hydrogen-bond acceptors (Lipinski definition) is 5. The number of rotatable bonds is 4. The zero-order valence-corrected chi connectivity index (χ0v) is 14.2. The van der Waals surface area contributed by atoms with E-state index in [-0.39, 0.29) is 22.6 Å². The molecule has 22 heavy (non-hydrogen) atoms. The fraction of sp³-hybridized carbons (Fsp3) is 0.538. The van der Waals surface area contributed by atoms with Gasteiger partial charge in [-0.25, -0.2) is 8.42 Å². The van der Waals surface area contributed by atoms with Crippen LogP contribution in [0.5, 0.6) is 0 Å². The van der Waals surface area contributed by atoms with Gasteiger partial charge in [-0.15, -0.1) is 11.3 Å². The highest BCUT2D eigenvalue weighted by Crippen LogP contribution is 2.19. The van der Waals surface area contributed by atoms with Gasteiger partial charge in [-0.1, -0.05) is 6.07 Å². The van der Waals surface area contributed by atoms with Crippen molar-refractivity contribution in [2.75, 3.05) is 39.8 Å². The first-order valence-corrected chi connectivity index (χ1v) is 9.17. The van der Waals surface area contributed by atoms with Crippen molar-refractivity contribution in [2.45, 2.75) is 11.1 Å². The third kappa shape index (κ3) is 3.65. The molecule has 0 bridgehead atoms. The Morgan fingerprint density at radius 3 is 2.32 bits per heavy atom. The Bertz CT molecular complexity index is 634. The van der Waals surface area contributed by atoms with Crippen LogP contribution in [0.25, 0.3) is 0 Å². The number of carbonyl (C=O) groups excluding carboxylic acids is 2. The van der Waals surface area contributed by atoms with Gasteiger partial charge >= 0.3 is 0 Å². The number of thiophene rings is 1. The van der Waals surface area contributed by atoms with E-state index in [0.29, 0.717) is 26.2 Å². The lowest BCUT2D eigenvalue weighted by atomic mass is 10.3. The molecule has 1 aromatic heterocycles. The molecule has 1 aromatic rings. The first-order chi connectivity index (χ1) is 10.3. The van der Waals surface area contributed by atoms with Gasteiger partial charge in [0.25, 0.3) is 10.0 Å². The van der Waals surface area contributed by atoms with Gasteiger partial charge in [-0.3, -0.25) is 9.59 Å². The number of amides is 2. The molecule has 0 radical (unpaired) electrons. The smallest absolute Gasteiger partial charge is 0.252 e. The lowest BCUT2D eigenvalue weighted by Gasteiger charge is -2.34. The Balaban J connectivity index is 1.94. The average Bonchev–Trinajstić information content (AvgIpc) is 3.02. The van der Waals surface area contributed by atoms with Crippen LogP contribution in [0.15, 0.2) is 21.7 Å². The SMILES string of the molecule is CC(=O)N1CCN(C(=O)CN(C)S(=O)(=O)c2cccs2)CC1. The van der Waals surface area contributed by atoms with Gasteiger partial charge in [0.15, 0.2) is 0 Å². The quantitative estimate of drug-likeness (QED) is 0.773. The summed E-state index contributed by atoms with van der Waals surface area (Å²) < 4.78 is 25.8. The van der Waals surface area contributed by atoms with E-state index >= 15 is 0 Å². The molecule has 1 saturated heterocycles. The highest BCUT2D eigenvalue weighted by Gasteiger charge is 2.28. The summed E-state index contributed by atoms with van der Waals surface area (Å²) in [5, 5.41) is 1.68. The van der Waals surface area contributed by atoms with Crippen molar-refractivity contribution in [3.05, 3.63) is 17.5 Å². The molecule has 122 valence electrons. The predicted octanol–water partition coefficient (Wildman–Crippen LogP) is 0.0593. The Hall–Kier alpha value is -1.45. The molecule has 0 spiro atoms. The molecule has 1 aliphatic heterocycles. The van der Waals surface area contributed by atoms with Crippen LogP contribution in [0.4, 0.5) is 0 Å². The zero-order valence-electron chi connectivity index (χ0n) is 12.6. The highest BCUT2D eigenvalue weighted by atomic mass is 32.2. The number of piperazine rings is 1. The Morgan fingerprint density at radius 2 is 1.82 bits per heavy atom. The summed E-state index contributed by atoms with van der Waals surface area (Å²) >= 11 is 1.13. The first-order valence-electron chi connectivity index (χ1n) is 6.85. The molecular weight excluding hydrogens is 326 g/mol. The second-order valence-electron chi connectivity index (χ2n) is 5.08. The molecule has 0 saturated carbocycles. The normalized spacial score (nSPS) is 16.1.